The summed E-state index contributed by atoms with van der Waals surface area (Å²) in [7, 11) is 4.74. The molecule has 106 valence electrons. The minimum atomic E-state index is -0.460. The lowest BCUT2D eigenvalue weighted by Crippen LogP contribution is -2.04. The Kier molecular flexibility index (Phi) is 4.02. The molecule has 2 rings (SSSR count). The van der Waals surface area contributed by atoms with Crippen LogP contribution in [0.3, 0.4) is 0 Å². The Hall–Kier alpha value is -2.37. The molecule has 0 fully saturated rings. The average molecular weight is 277 g/mol. The van der Waals surface area contributed by atoms with Crippen LogP contribution in [-0.4, -0.2) is 31.2 Å². The van der Waals surface area contributed by atoms with Crippen LogP contribution in [0.4, 0.5) is 10.2 Å². The quantitative estimate of drug-likeness (QED) is 0.931. The Morgan fingerprint density at radius 2 is 1.90 bits per heavy atom. The van der Waals surface area contributed by atoms with Crippen LogP contribution in [0.5, 0.6) is 11.5 Å². The fourth-order valence-corrected chi connectivity index (χ4v) is 1.83. The van der Waals surface area contributed by atoms with E-state index in [2.05, 4.69) is 15.3 Å². The van der Waals surface area contributed by atoms with Crippen LogP contribution in [-0.2, 0) is 0 Å². The number of rotatable bonds is 4. The minimum Gasteiger partial charge on any atom is -0.497 e. The predicted molar refractivity (Wildman–Crippen MR) is 74.8 cm³/mol. The monoisotopic (exact) mass is 277 g/mol. The maximum atomic E-state index is 13.8. The first kappa shape index (κ1) is 14.0. The van der Waals surface area contributed by atoms with Crippen LogP contribution in [0.1, 0.15) is 5.69 Å². The van der Waals surface area contributed by atoms with Crippen molar-refractivity contribution >= 4 is 5.82 Å². The highest BCUT2D eigenvalue weighted by molar-refractivity contribution is 5.67. The molecule has 5 nitrogen and oxygen atoms in total. The van der Waals surface area contributed by atoms with E-state index >= 15 is 0 Å². The van der Waals surface area contributed by atoms with Gasteiger partial charge in [-0.2, -0.15) is 0 Å². The number of nitrogens with one attached hydrogen (secondary N) is 1. The van der Waals surface area contributed by atoms with Gasteiger partial charge < -0.3 is 14.8 Å². The zero-order valence-corrected chi connectivity index (χ0v) is 11.8. The lowest BCUT2D eigenvalue weighted by molar-refractivity contribution is 0.404. The molecule has 0 aliphatic carbocycles. The van der Waals surface area contributed by atoms with Crippen molar-refractivity contribution in [1.82, 2.24) is 9.97 Å². The first-order chi connectivity index (χ1) is 9.60. The molecule has 0 amide bonds. The van der Waals surface area contributed by atoms with Gasteiger partial charge in [0, 0.05) is 7.05 Å². The lowest BCUT2D eigenvalue weighted by Gasteiger charge is -2.11. The SMILES string of the molecule is CNc1nc(-c2cc(OC)ccc2OC)nc(C)c1F. The summed E-state index contributed by atoms with van der Waals surface area (Å²) in [4.78, 5) is 8.35. The molecule has 2 aromatic rings. The Morgan fingerprint density at radius 1 is 1.15 bits per heavy atom. The van der Waals surface area contributed by atoms with Gasteiger partial charge in [0.25, 0.3) is 0 Å². The van der Waals surface area contributed by atoms with Gasteiger partial charge in [0.05, 0.1) is 25.5 Å². The first-order valence-electron chi connectivity index (χ1n) is 6.05. The van der Waals surface area contributed by atoms with Crippen LogP contribution in [0.15, 0.2) is 18.2 Å². The number of hydrogen-bond acceptors (Lipinski definition) is 5. The summed E-state index contributed by atoms with van der Waals surface area (Å²) >= 11 is 0. The van der Waals surface area contributed by atoms with Gasteiger partial charge in [0.1, 0.15) is 11.5 Å². The lowest BCUT2D eigenvalue weighted by atomic mass is 10.1. The van der Waals surface area contributed by atoms with E-state index < -0.39 is 5.82 Å². The number of aryl methyl sites for hydroxylation is 1. The Labute approximate surface area is 116 Å². The molecule has 0 bridgehead atoms. The molecular formula is C14H16FN3O2. The molecule has 0 spiro atoms. The molecule has 6 heteroatoms. The minimum absolute atomic E-state index is 0.150. The second kappa shape index (κ2) is 5.73. The van der Waals surface area contributed by atoms with Gasteiger partial charge >= 0.3 is 0 Å². The Morgan fingerprint density at radius 3 is 2.50 bits per heavy atom. The van der Waals surface area contributed by atoms with Crippen LogP contribution in [0.2, 0.25) is 0 Å². The molecule has 1 aromatic heterocycles. The van der Waals surface area contributed by atoms with Crippen LogP contribution >= 0.6 is 0 Å². The van der Waals surface area contributed by atoms with Crippen molar-refractivity contribution in [1.29, 1.82) is 0 Å². The van der Waals surface area contributed by atoms with E-state index in [0.717, 1.165) is 0 Å². The number of hydrogen-bond donors (Lipinski definition) is 1. The van der Waals surface area contributed by atoms with Gasteiger partial charge in [-0.25, -0.2) is 14.4 Å². The molecule has 20 heavy (non-hydrogen) atoms. The standard InChI is InChI=1S/C14H16FN3O2/c1-8-12(15)14(16-2)18-13(17-8)10-7-9(19-3)5-6-11(10)20-4/h5-7H,1-4H3,(H,16,17,18). The third kappa shape index (κ3) is 2.49. The van der Waals surface area contributed by atoms with Gasteiger partial charge in [-0.15, -0.1) is 0 Å². The molecule has 1 aromatic carbocycles. The fraction of sp³-hybridized carbons (Fsp3) is 0.286. The third-order valence-electron chi connectivity index (χ3n) is 2.90. The zero-order valence-electron chi connectivity index (χ0n) is 11.8. The number of aromatic nitrogens is 2. The molecule has 1 N–H and O–H groups in total. The number of benzene rings is 1. The third-order valence-corrected chi connectivity index (χ3v) is 2.90. The molecule has 0 saturated carbocycles. The summed E-state index contributed by atoms with van der Waals surface area (Å²) in [5, 5.41) is 2.71. The Balaban J connectivity index is 2.63. The molecule has 1 heterocycles. The number of anilines is 1. The number of ether oxygens (including phenoxy) is 2. The predicted octanol–water partition coefficient (Wildman–Crippen LogP) is 2.65. The van der Waals surface area contributed by atoms with Gasteiger partial charge in [0.15, 0.2) is 17.5 Å². The fourth-order valence-electron chi connectivity index (χ4n) is 1.83. The van der Waals surface area contributed by atoms with Crippen molar-refractivity contribution in [2.75, 3.05) is 26.6 Å². The summed E-state index contributed by atoms with van der Waals surface area (Å²) in [5.74, 6) is 1.32. The highest BCUT2D eigenvalue weighted by atomic mass is 19.1. The van der Waals surface area contributed by atoms with Crippen molar-refractivity contribution in [3.63, 3.8) is 0 Å². The van der Waals surface area contributed by atoms with Gasteiger partial charge in [-0.1, -0.05) is 0 Å². The second-order valence-electron chi connectivity index (χ2n) is 4.11. The molecule has 0 unspecified atom stereocenters. The van der Waals surface area contributed by atoms with E-state index in [1.807, 2.05) is 0 Å². The second-order valence-corrected chi connectivity index (χ2v) is 4.11. The highest BCUT2D eigenvalue weighted by Crippen LogP contribution is 2.32. The molecule has 0 aliphatic rings. The van der Waals surface area contributed by atoms with E-state index in [9.17, 15) is 4.39 Å². The van der Waals surface area contributed by atoms with E-state index in [1.54, 1.807) is 46.4 Å². The first-order valence-corrected chi connectivity index (χ1v) is 6.05. The molecule has 0 radical (unpaired) electrons. The van der Waals surface area contributed by atoms with Gasteiger partial charge in [-0.3, -0.25) is 0 Å². The summed E-state index contributed by atoms with van der Waals surface area (Å²) in [6, 6.07) is 5.29. The number of methoxy groups -OCH3 is 2. The number of halogens is 1. The molecule has 0 saturated heterocycles. The molecule has 0 atom stereocenters. The van der Waals surface area contributed by atoms with Crippen molar-refractivity contribution in [2.24, 2.45) is 0 Å². The van der Waals surface area contributed by atoms with E-state index in [0.29, 0.717) is 22.9 Å². The van der Waals surface area contributed by atoms with Crippen molar-refractivity contribution in [3.8, 4) is 22.9 Å². The van der Waals surface area contributed by atoms with Gasteiger partial charge in [0.2, 0.25) is 0 Å². The highest BCUT2D eigenvalue weighted by Gasteiger charge is 2.15. The van der Waals surface area contributed by atoms with Crippen LogP contribution in [0, 0.1) is 12.7 Å². The topological polar surface area (TPSA) is 56.3 Å². The zero-order chi connectivity index (χ0) is 14.7. The summed E-state index contributed by atoms with van der Waals surface area (Å²) in [6.45, 7) is 1.59. The van der Waals surface area contributed by atoms with Crippen LogP contribution < -0.4 is 14.8 Å². The normalized spacial score (nSPS) is 10.2. The summed E-state index contributed by atoms with van der Waals surface area (Å²) in [6.07, 6.45) is 0. The van der Waals surface area contributed by atoms with E-state index in [4.69, 9.17) is 9.47 Å². The average Bonchev–Trinajstić information content (AvgIpc) is 2.49. The molecular weight excluding hydrogens is 261 g/mol. The number of nitrogens with zero attached hydrogens (tertiary/aromatic N) is 2. The van der Waals surface area contributed by atoms with Crippen molar-refractivity contribution in [3.05, 3.63) is 29.7 Å². The van der Waals surface area contributed by atoms with E-state index in [1.165, 1.54) is 0 Å². The largest absolute Gasteiger partial charge is 0.497 e. The van der Waals surface area contributed by atoms with Gasteiger partial charge in [-0.05, 0) is 25.1 Å². The van der Waals surface area contributed by atoms with E-state index in [-0.39, 0.29) is 11.5 Å². The van der Waals surface area contributed by atoms with Crippen LogP contribution in [0.25, 0.3) is 11.4 Å². The maximum absolute atomic E-state index is 13.8. The Bertz CT molecular complexity index is 632. The van der Waals surface area contributed by atoms with Crippen molar-refractivity contribution in [2.45, 2.75) is 6.92 Å². The summed E-state index contributed by atoms with van der Waals surface area (Å²) in [5.41, 5.74) is 0.913. The maximum Gasteiger partial charge on any atom is 0.186 e. The molecule has 0 aliphatic heterocycles. The van der Waals surface area contributed by atoms with Crippen molar-refractivity contribution < 1.29 is 13.9 Å². The smallest absolute Gasteiger partial charge is 0.186 e. The summed E-state index contributed by atoms with van der Waals surface area (Å²) < 4.78 is 24.3.